The van der Waals surface area contributed by atoms with Gasteiger partial charge in [0.1, 0.15) is 21.3 Å². The van der Waals surface area contributed by atoms with Crippen molar-refractivity contribution in [1.82, 2.24) is 0 Å². The number of benzene rings is 6. The van der Waals surface area contributed by atoms with Gasteiger partial charge in [-0.1, -0.05) is 12.1 Å². The predicted molar refractivity (Wildman–Crippen MR) is 205 cm³/mol. The quantitative estimate of drug-likeness (QED) is 0.108. The molecule has 0 aromatic heterocycles. The third-order valence-electron chi connectivity index (χ3n) is 9.55. The highest BCUT2D eigenvalue weighted by molar-refractivity contribution is 7.94. The van der Waals surface area contributed by atoms with Crippen molar-refractivity contribution >= 4 is 102 Å². The summed E-state index contributed by atoms with van der Waals surface area (Å²) in [6.07, 6.45) is 0. The number of carbonyl (C=O) groups is 1. The first-order chi connectivity index (χ1) is 26.1. The Balaban J connectivity index is 1.15. The lowest BCUT2D eigenvalue weighted by Crippen LogP contribution is -2.35. The molecule has 4 heterocycles. The van der Waals surface area contributed by atoms with Crippen molar-refractivity contribution < 1.29 is 57.8 Å². The van der Waals surface area contributed by atoms with Crippen molar-refractivity contribution in [1.29, 1.82) is 0 Å². The number of phenols is 2. The molecule has 0 saturated heterocycles. The molecule has 0 unspecified atom stereocenters. The van der Waals surface area contributed by atoms with E-state index in [4.69, 9.17) is 0 Å². The van der Waals surface area contributed by atoms with Gasteiger partial charge in [-0.15, -0.1) is 0 Å². The van der Waals surface area contributed by atoms with Gasteiger partial charge >= 0.3 is 6.03 Å². The van der Waals surface area contributed by atoms with Crippen LogP contribution in [0.25, 0.3) is 21.5 Å². The molecule has 0 atom stereocenters. The number of carbonyl (C=O) groups excluding carboxylic acids is 1. The molecule has 6 aromatic carbocycles. The Kier molecular flexibility index (Phi) is 7.93. The topological polar surface area (TPSA) is 265 Å². The number of phenolic OH excluding ortho intramolecular Hbond substituents is 2. The number of fused-ring (bicyclic) bond motifs is 8. The zero-order chi connectivity index (χ0) is 40.4. The summed E-state index contributed by atoms with van der Waals surface area (Å²) < 4.78 is 124. The maximum absolute atomic E-state index is 14.1. The van der Waals surface area contributed by atoms with Crippen LogP contribution in [-0.2, 0) is 40.3 Å². The second kappa shape index (κ2) is 12.0. The smallest absolute Gasteiger partial charge is 0.323 e. The summed E-state index contributed by atoms with van der Waals surface area (Å²) in [7, 11) is -18.2. The van der Waals surface area contributed by atoms with E-state index in [1.807, 2.05) is 0 Å². The van der Waals surface area contributed by atoms with Crippen molar-refractivity contribution in [3.8, 4) is 11.5 Å². The predicted octanol–water partition coefficient (Wildman–Crippen LogP) is 5.84. The van der Waals surface area contributed by atoms with Crippen LogP contribution in [0.5, 0.6) is 11.5 Å². The summed E-state index contributed by atoms with van der Waals surface area (Å²) in [6, 6.07) is 16.0. The number of anilines is 6. The summed E-state index contributed by atoms with van der Waals surface area (Å²) in [5, 5.41) is 26.7. The third-order valence-corrected chi connectivity index (χ3v) is 14.8. The number of hydrogen-bond donors (Lipinski definition) is 6. The maximum atomic E-state index is 14.1. The second-order valence-electron chi connectivity index (χ2n) is 12.9. The number of amides is 2. The molecular weight excluding hydrogens is 813 g/mol. The van der Waals surface area contributed by atoms with Crippen LogP contribution in [0, 0.1) is 13.8 Å². The lowest BCUT2D eigenvalue weighted by Gasteiger charge is -2.35. The van der Waals surface area contributed by atoms with Gasteiger partial charge in [-0.2, -0.15) is 16.8 Å². The SMILES string of the molecule is Cc1c2ccc(c1NC(=O)Nc1c3ccc(c1C)N(c1cc(O)cc4cc(S(=O)(=O)O)ccc14)S3(=O)=O)S(=O)(=O)N2c1cc(O)cc2cc(S(=O)(=O)O)ccc12. The molecule has 0 aliphatic carbocycles. The number of sulfonamides is 2. The fourth-order valence-electron chi connectivity index (χ4n) is 7.05. The van der Waals surface area contributed by atoms with Gasteiger partial charge in [-0.05, 0) is 96.4 Å². The van der Waals surface area contributed by atoms with Crippen molar-refractivity contribution in [3.63, 3.8) is 0 Å². The van der Waals surface area contributed by atoms with Gasteiger partial charge in [0.05, 0.1) is 43.9 Å². The highest BCUT2D eigenvalue weighted by Crippen LogP contribution is 2.50. The van der Waals surface area contributed by atoms with E-state index in [-0.39, 0.29) is 76.6 Å². The number of nitrogens with one attached hydrogen (secondary N) is 2. The lowest BCUT2D eigenvalue weighted by molar-refractivity contribution is 0.262. The molecule has 288 valence electrons. The third kappa shape index (κ3) is 5.58. The zero-order valence-corrected chi connectivity index (χ0v) is 31.8. The molecule has 0 saturated carbocycles. The highest BCUT2D eigenvalue weighted by Gasteiger charge is 2.41. The number of rotatable bonds is 6. The second-order valence-corrected chi connectivity index (χ2v) is 19.3. The molecule has 0 fully saturated rings. The van der Waals surface area contributed by atoms with Gasteiger partial charge in [0.2, 0.25) is 0 Å². The maximum Gasteiger partial charge on any atom is 0.323 e. The van der Waals surface area contributed by atoms with Crippen molar-refractivity contribution in [3.05, 3.63) is 96.1 Å². The van der Waals surface area contributed by atoms with E-state index < -0.39 is 67.6 Å². The minimum Gasteiger partial charge on any atom is -0.508 e. The molecule has 21 heteroatoms. The average Bonchev–Trinajstić information content (AvgIpc) is 3.09. The van der Waals surface area contributed by atoms with E-state index in [0.29, 0.717) is 0 Å². The highest BCUT2D eigenvalue weighted by atomic mass is 32.2. The Labute approximate surface area is 318 Å². The minimum atomic E-state index is -4.62. The van der Waals surface area contributed by atoms with Crippen LogP contribution in [-0.4, -0.2) is 59.0 Å². The monoisotopic (exact) mass is 838 g/mol. The van der Waals surface area contributed by atoms with Crippen LogP contribution in [0.15, 0.2) is 105 Å². The molecule has 4 aliphatic rings. The zero-order valence-electron chi connectivity index (χ0n) is 28.6. The average molecular weight is 839 g/mol. The fraction of sp³-hybridized carbons (Fsp3) is 0.0571. The van der Waals surface area contributed by atoms with Crippen LogP contribution in [0.4, 0.5) is 38.9 Å². The van der Waals surface area contributed by atoms with Crippen molar-refractivity contribution in [2.24, 2.45) is 0 Å². The molecule has 2 amide bonds. The number of aromatic hydroxyl groups is 2. The van der Waals surface area contributed by atoms with E-state index in [1.54, 1.807) is 0 Å². The Morgan fingerprint density at radius 1 is 0.554 bits per heavy atom. The largest absolute Gasteiger partial charge is 0.508 e. The van der Waals surface area contributed by atoms with E-state index in [9.17, 15) is 57.8 Å². The van der Waals surface area contributed by atoms with Crippen molar-refractivity contribution in [2.75, 3.05) is 19.2 Å². The van der Waals surface area contributed by atoms with Gasteiger partial charge in [-0.3, -0.25) is 9.11 Å². The van der Waals surface area contributed by atoms with Gasteiger partial charge in [-0.25, -0.2) is 30.2 Å². The summed E-state index contributed by atoms with van der Waals surface area (Å²) in [5.41, 5.74) is 0.333. The first-order valence-electron chi connectivity index (χ1n) is 16.0. The minimum absolute atomic E-state index is 0.0473. The molecule has 6 N–H and O–H groups in total. The summed E-state index contributed by atoms with van der Waals surface area (Å²) in [4.78, 5) is 11.9. The number of nitrogens with zero attached hydrogens (tertiary/aromatic N) is 2. The Hall–Kier alpha value is -5.97. The van der Waals surface area contributed by atoms with Crippen LogP contribution < -0.4 is 19.2 Å². The summed E-state index contributed by atoms with van der Waals surface area (Å²) >= 11 is 0. The molecule has 0 spiro atoms. The van der Waals surface area contributed by atoms with Crippen LogP contribution in [0.2, 0.25) is 0 Å². The molecule has 6 aromatic rings. The summed E-state index contributed by atoms with van der Waals surface area (Å²) in [5.74, 6) is -0.810. The standard InChI is InChI=1S/C35H26N4O13S4/c1-17-27-7-9-31(53(43,44)38(27)29-15-21(40)11-19-13-23(55(47,48)49)3-5-25(19)29)33(17)36-35(42)37-34-18(2)28-8-10-32(34)54(45,46)39(28)30-16-22(41)12-20-14-24(56(50,51)52)4-6-26(20)30/h3-16,40-41H,1-2H3,(H2,36,37,42)(H,47,48,49)(H,50,51,52). The lowest BCUT2D eigenvalue weighted by atomic mass is 10.1. The van der Waals surface area contributed by atoms with E-state index in [1.165, 1.54) is 62.4 Å². The normalized spacial score (nSPS) is 15.4. The van der Waals surface area contributed by atoms with E-state index >= 15 is 0 Å². The Morgan fingerprint density at radius 3 is 1.29 bits per heavy atom. The van der Waals surface area contributed by atoms with Crippen LogP contribution in [0.1, 0.15) is 11.1 Å². The van der Waals surface area contributed by atoms with Gasteiger partial charge in [0.15, 0.2) is 0 Å². The number of hydrogen-bond acceptors (Lipinski definition) is 11. The number of urea groups is 1. The van der Waals surface area contributed by atoms with Gasteiger partial charge < -0.3 is 20.8 Å². The molecule has 0 radical (unpaired) electrons. The van der Waals surface area contributed by atoms with E-state index in [0.717, 1.165) is 45.0 Å². The molecule has 4 bridgehead atoms. The van der Waals surface area contributed by atoms with Crippen LogP contribution in [0.3, 0.4) is 0 Å². The Bertz CT molecular complexity index is 3050. The van der Waals surface area contributed by atoms with Crippen molar-refractivity contribution in [2.45, 2.75) is 33.4 Å². The Morgan fingerprint density at radius 2 is 0.929 bits per heavy atom. The van der Waals surface area contributed by atoms with Gasteiger partial charge in [0, 0.05) is 22.9 Å². The first-order valence-corrected chi connectivity index (χ1v) is 21.8. The van der Waals surface area contributed by atoms with Crippen LogP contribution >= 0.6 is 0 Å². The van der Waals surface area contributed by atoms with Gasteiger partial charge in [0.25, 0.3) is 40.3 Å². The molecule has 4 aliphatic heterocycles. The fourth-order valence-corrected chi connectivity index (χ4v) is 11.6. The first kappa shape index (κ1) is 37.0. The summed E-state index contributed by atoms with van der Waals surface area (Å²) in [6.45, 7) is 3.05. The molecular formula is C35H26N4O13S4. The molecule has 10 rings (SSSR count). The molecule has 17 nitrogen and oxygen atoms in total. The molecule has 56 heavy (non-hydrogen) atoms. The van der Waals surface area contributed by atoms with E-state index in [2.05, 4.69) is 10.6 Å².